The van der Waals surface area contributed by atoms with E-state index in [0.717, 1.165) is 5.56 Å². The first-order valence-electron chi connectivity index (χ1n) is 7.91. The van der Waals surface area contributed by atoms with Gasteiger partial charge < -0.3 is 10.6 Å². The van der Waals surface area contributed by atoms with Crippen LogP contribution < -0.4 is 10.6 Å². The van der Waals surface area contributed by atoms with Crippen LogP contribution in [0.5, 0.6) is 0 Å². The second kappa shape index (κ2) is 5.36. The molecule has 2 N–H and O–H groups in total. The van der Waals surface area contributed by atoms with Crippen molar-refractivity contribution in [3.63, 3.8) is 0 Å². The molecule has 2 aliphatic rings. The number of nitrogens with one attached hydrogen (secondary N) is 2. The number of aryl methyl sites for hydroxylation is 1. The van der Waals surface area contributed by atoms with E-state index in [1.807, 2.05) is 19.1 Å². The van der Waals surface area contributed by atoms with Crippen molar-refractivity contribution in [2.45, 2.75) is 12.6 Å². The quantitative estimate of drug-likeness (QED) is 0.812. The summed E-state index contributed by atoms with van der Waals surface area (Å²) in [5.74, 6) is -0.561. The van der Waals surface area contributed by atoms with Gasteiger partial charge in [-0.3, -0.25) is 14.5 Å². The van der Waals surface area contributed by atoms with Crippen LogP contribution in [0, 0.1) is 6.92 Å². The average Bonchev–Trinajstić information content (AvgIpc) is 2.85. The zero-order valence-corrected chi connectivity index (χ0v) is 14.4. The minimum atomic E-state index is -1.34. The minimum absolute atomic E-state index is 0.221. The van der Waals surface area contributed by atoms with Crippen molar-refractivity contribution >= 4 is 34.8 Å². The van der Waals surface area contributed by atoms with Crippen LogP contribution in [-0.2, 0) is 10.5 Å². The van der Waals surface area contributed by atoms with Crippen LogP contribution in [0.25, 0.3) is 0 Å². The van der Waals surface area contributed by atoms with Crippen LogP contribution in [0.1, 0.15) is 21.5 Å². The highest BCUT2D eigenvalue weighted by atomic mass is 35.5. The molecule has 0 aliphatic carbocycles. The molecule has 0 radical (unpaired) electrons. The number of halogens is 1. The fraction of sp³-hybridized carbons (Fsp3) is 0.158. The van der Waals surface area contributed by atoms with E-state index in [1.54, 1.807) is 30.3 Å². The lowest BCUT2D eigenvalue weighted by atomic mass is 9.92. The highest BCUT2D eigenvalue weighted by Crippen LogP contribution is 2.47. The molecule has 0 saturated carbocycles. The largest absolute Gasteiger partial charge is 0.350 e. The third-order valence-electron chi connectivity index (χ3n) is 4.63. The van der Waals surface area contributed by atoms with Gasteiger partial charge in [0.05, 0.1) is 16.3 Å². The summed E-state index contributed by atoms with van der Waals surface area (Å²) in [7, 11) is 0. The van der Waals surface area contributed by atoms with Crippen molar-refractivity contribution in [2.75, 3.05) is 17.2 Å². The average molecular weight is 354 g/mol. The Balaban J connectivity index is 2.02. The molecular weight excluding hydrogens is 338 g/mol. The third kappa shape index (κ3) is 2.02. The van der Waals surface area contributed by atoms with Crippen molar-refractivity contribution in [1.82, 2.24) is 4.90 Å². The van der Waals surface area contributed by atoms with Crippen LogP contribution in [0.3, 0.4) is 0 Å². The topological polar surface area (TPSA) is 61.4 Å². The van der Waals surface area contributed by atoms with E-state index in [-0.39, 0.29) is 18.4 Å². The maximum atomic E-state index is 13.1. The number of benzene rings is 2. The van der Waals surface area contributed by atoms with Crippen molar-refractivity contribution in [1.29, 1.82) is 0 Å². The van der Waals surface area contributed by atoms with Gasteiger partial charge in [-0.25, -0.2) is 0 Å². The summed E-state index contributed by atoms with van der Waals surface area (Å²) >= 11 is 6.34. The lowest BCUT2D eigenvalue weighted by Gasteiger charge is -2.44. The lowest BCUT2D eigenvalue weighted by Crippen LogP contribution is -2.61. The first-order chi connectivity index (χ1) is 12.0. The number of hydrogen-bond donors (Lipinski definition) is 2. The van der Waals surface area contributed by atoms with E-state index < -0.39 is 5.66 Å². The number of carbonyl (C=O) groups excluding carboxylic acids is 2. The van der Waals surface area contributed by atoms with E-state index in [0.29, 0.717) is 27.5 Å². The zero-order valence-electron chi connectivity index (χ0n) is 13.6. The predicted octanol–water partition coefficient (Wildman–Crippen LogP) is 3.51. The lowest BCUT2D eigenvalue weighted by molar-refractivity contribution is -0.124. The maximum absolute atomic E-state index is 13.1. The molecule has 0 aromatic heterocycles. The van der Waals surface area contributed by atoms with Crippen LogP contribution in [0.15, 0.2) is 49.1 Å². The van der Waals surface area contributed by atoms with Gasteiger partial charge in [-0.1, -0.05) is 29.8 Å². The minimum Gasteiger partial charge on any atom is -0.350 e. The Morgan fingerprint density at radius 1 is 1.28 bits per heavy atom. The van der Waals surface area contributed by atoms with Crippen LogP contribution in [0.2, 0.25) is 5.02 Å². The van der Waals surface area contributed by atoms with Crippen molar-refractivity contribution in [2.24, 2.45) is 0 Å². The molecule has 2 aromatic carbocycles. The van der Waals surface area contributed by atoms with Crippen molar-refractivity contribution in [3.8, 4) is 0 Å². The molecule has 1 spiro atoms. The zero-order chi connectivity index (χ0) is 17.8. The fourth-order valence-corrected chi connectivity index (χ4v) is 3.88. The monoisotopic (exact) mass is 353 g/mol. The number of hydrogen-bond acceptors (Lipinski definition) is 3. The fourth-order valence-electron chi connectivity index (χ4n) is 3.56. The van der Waals surface area contributed by atoms with Crippen LogP contribution in [-0.4, -0.2) is 23.3 Å². The number of amides is 2. The second-order valence-corrected chi connectivity index (χ2v) is 6.62. The molecule has 4 rings (SSSR count). The normalized spacial score (nSPS) is 20.8. The molecule has 1 atom stereocenters. The molecule has 2 heterocycles. The third-order valence-corrected chi connectivity index (χ3v) is 4.92. The van der Waals surface area contributed by atoms with Gasteiger partial charge in [-0.15, -0.1) is 6.58 Å². The highest BCUT2D eigenvalue weighted by molar-refractivity contribution is 6.35. The van der Waals surface area contributed by atoms with Gasteiger partial charge in [0.25, 0.3) is 11.8 Å². The Kier molecular flexibility index (Phi) is 3.37. The molecule has 0 saturated heterocycles. The molecule has 1 unspecified atom stereocenters. The summed E-state index contributed by atoms with van der Waals surface area (Å²) in [6.07, 6.45) is 1.61. The number of nitrogens with zero attached hydrogens (tertiary/aromatic N) is 1. The molecule has 25 heavy (non-hydrogen) atoms. The van der Waals surface area contributed by atoms with Gasteiger partial charge in [-0.05, 0) is 36.8 Å². The SMILES string of the molecule is C=CCN1C(=O)c2ccccc2NC12C(=O)Nc1c(Cl)cc(C)cc12. The predicted molar refractivity (Wildman–Crippen MR) is 97.8 cm³/mol. The van der Waals surface area contributed by atoms with Gasteiger partial charge in [0.2, 0.25) is 5.66 Å². The molecule has 2 amide bonds. The second-order valence-electron chi connectivity index (χ2n) is 6.21. The number of fused-ring (bicyclic) bond motifs is 3. The van der Waals surface area contributed by atoms with Crippen LogP contribution >= 0.6 is 11.6 Å². The first kappa shape index (κ1) is 15.7. The van der Waals surface area contributed by atoms with Gasteiger partial charge in [0, 0.05) is 17.8 Å². The van der Waals surface area contributed by atoms with Crippen molar-refractivity contribution in [3.05, 3.63) is 70.8 Å². The van der Waals surface area contributed by atoms with Gasteiger partial charge >= 0.3 is 0 Å². The van der Waals surface area contributed by atoms with Gasteiger partial charge in [-0.2, -0.15) is 0 Å². The maximum Gasteiger partial charge on any atom is 0.276 e. The Labute approximate surface area is 150 Å². The standard InChI is InChI=1S/C19H16ClN3O2/c1-3-8-23-17(24)12-6-4-5-7-15(12)22-19(23)13-9-11(2)10-14(20)16(13)21-18(19)25/h3-7,9-10,22H,1,8H2,2H3,(H,21,25). The first-order valence-corrected chi connectivity index (χ1v) is 8.29. The molecule has 0 bridgehead atoms. The summed E-state index contributed by atoms with van der Waals surface area (Å²) < 4.78 is 0. The highest BCUT2D eigenvalue weighted by Gasteiger charge is 2.56. The summed E-state index contributed by atoms with van der Waals surface area (Å²) in [6, 6.07) is 10.8. The Morgan fingerprint density at radius 3 is 2.80 bits per heavy atom. The molecule has 0 fully saturated rings. The number of para-hydroxylation sites is 1. The Bertz CT molecular complexity index is 940. The van der Waals surface area contributed by atoms with E-state index in [1.165, 1.54) is 4.90 Å². The van der Waals surface area contributed by atoms with Crippen molar-refractivity contribution < 1.29 is 9.59 Å². The number of carbonyl (C=O) groups is 2. The number of rotatable bonds is 2. The Morgan fingerprint density at radius 2 is 2.04 bits per heavy atom. The number of anilines is 2. The smallest absolute Gasteiger partial charge is 0.276 e. The molecule has 2 aromatic rings. The molecule has 5 nitrogen and oxygen atoms in total. The van der Waals surface area contributed by atoms with Crippen LogP contribution in [0.4, 0.5) is 11.4 Å². The van der Waals surface area contributed by atoms with E-state index in [9.17, 15) is 9.59 Å². The molecule has 6 heteroatoms. The van der Waals surface area contributed by atoms with Gasteiger partial charge in [0.1, 0.15) is 0 Å². The Hall–Kier alpha value is -2.79. The molecule has 126 valence electrons. The molecule has 2 aliphatic heterocycles. The van der Waals surface area contributed by atoms with E-state index >= 15 is 0 Å². The van der Waals surface area contributed by atoms with E-state index in [2.05, 4.69) is 17.2 Å². The molecular formula is C19H16ClN3O2. The summed E-state index contributed by atoms with van der Waals surface area (Å²) in [5, 5.41) is 6.57. The summed E-state index contributed by atoms with van der Waals surface area (Å²) in [4.78, 5) is 27.7. The van der Waals surface area contributed by atoms with E-state index in [4.69, 9.17) is 11.6 Å². The summed E-state index contributed by atoms with van der Waals surface area (Å²) in [6.45, 7) is 5.86. The van der Waals surface area contributed by atoms with Gasteiger partial charge in [0.15, 0.2) is 0 Å². The summed E-state index contributed by atoms with van der Waals surface area (Å²) in [5.41, 5.74) is 1.89.